The highest BCUT2D eigenvalue weighted by atomic mass is 16.5. The molecule has 0 saturated heterocycles. The van der Waals surface area contributed by atoms with Crippen LogP contribution in [-0.2, 0) is 14.3 Å². The van der Waals surface area contributed by atoms with Crippen molar-refractivity contribution < 1.29 is 24.5 Å². The molecule has 0 saturated carbocycles. The Bertz CT molecular complexity index is 1020. The van der Waals surface area contributed by atoms with Crippen LogP contribution in [0.25, 0.3) is 0 Å². The molecule has 0 rings (SSSR count). The summed E-state index contributed by atoms with van der Waals surface area (Å²) in [6.45, 7) is 6.34. The summed E-state index contributed by atoms with van der Waals surface area (Å²) in [5.74, 6) is -0.608. The molecule has 0 aliphatic carbocycles. The molecule has 6 heteroatoms. The third kappa shape index (κ3) is 42.3. The normalized spacial score (nSPS) is 13.6. The number of hydrogen-bond acceptors (Lipinski definition) is 5. The average Bonchev–Trinajstić information content (AvgIpc) is 3.23. The lowest BCUT2D eigenvalue weighted by Gasteiger charge is -2.23. The second-order valence-electron chi connectivity index (χ2n) is 17.2. The van der Waals surface area contributed by atoms with Gasteiger partial charge in [0.15, 0.2) is 0 Å². The van der Waals surface area contributed by atoms with E-state index in [1.807, 2.05) is 12.2 Å². The average molecular weight is 828 g/mol. The maximum absolute atomic E-state index is 13.1. The monoisotopic (exact) mass is 828 g/mol. The van der Waals surface area contributed by atoms with E-state index in [0.29, 0.717) is 12.8 Å². The Morgan fingerprint density at radius 1 is 0.525 bits per heavy atom. The Morgan fingerprint density at radius 2 is 0.949 bits per heavy atom. The highest BCUT2D eigenvalue weighted by Gasteiger charge is 2.23. The van der Waals surface area contributed by atoms with Crippen LogP contribution in [0.4, 0.5) is 0 Å². The summed E-state index contributed by atoms with van der Waals surface area (Å²) in [5.41, 5.74) is 0. The van der Waals surface area contributed by atoms with E-state index >= 15 is 0 Å². The molecule has 3 N–H and O–H groups in total. The fourth-order valence-electron chi connectivity index (χ4n) is 7.55. The second-order valence-corrected chi connectivity index (χ2v) is 17.2. The van der Waals surface area contributed by atoms with Gasteiger partial charge < -0.3 is 20.3 Å². The van der Waals surface area contributed by atoms with Gasteiger partial charge >= 0.3 is 5.97 Å². The number of esters is 1. The van der Waals surface area contributed by atoms with Gasteiger partial charge in [-0.1, -0.05) is 224 Å². The molecule has 0 fully saturated rings. The first kappa shape index (κ1) is 56.8. The van der Waals surface area contributed by atoms with Crippen molar-refractivity contribution in [3.63, 3.8) is 0 Å². The van der Waals surface area contributed by atoms with Gasteiger partial charge in [-0.15, -0.1) is 0 Å². The molecule has 3 unspecified atom stereocenters. The lowest BCUT2D eigenvalue weighted by Crippen LogP contribution is -2.46. The molecule has 3 atom stereocenters. The van der Waals surface area contributed by atoms with Crippen LogP contribution in [0.15, 0.2) is 48.6 Å². The van der Waals surface area contributed by atoms with Gasteiger partial charge in [-0.3, -0.25) is 9.59 Å². The van der Waals surface area contributed by atoms with Crippen LogP contribution in [0, 0.1) is 0 Å². The van der Waals surface area contributed by atoms with Crippen LogP contribution in [0.5, 0.6) is 0 Å². The zero-order valence-corrected chi connectivity index (χ0v) is 39.1. The quantitative estimate of drug-likeness (QED) is 0.0323. The van der Waals surface area contributed by atoms with Gasteiger partial charge in [0, 0.05) is 6.42 Å². The van der Waals surface area contributed by atoms with E-state index in [1.165, 1.54) is 141 Å². The van der Waals surface area contributed by atoms with E-state index in [4.69, 9.17) is 4.74 Å². The Balaban J connectivity index is 4.59. The van der Waals surface area contributed by atoms with Gasteiger partial charge in [0.05, 0.1) is 25.2 Å². The van der Waals surface area contributed by atoms with Crippen molar-refractivity contribution in [1.82, 2.24) is 5.32 Å². The van der Waals surface area contributed by atoms with E-state index in [0.717, 1.165) is 70.6 Å². The molecule has 0 aliphatic heterocycles. The summed E-state index contributed by atoms with van der Waals surface area (Å²) >= 11 is 0. The number of nitrogens with one attached hydrogen (secondary N) is 1. The molecule has 1 amide bonds. The van der Waals surface area contributed by atoms with Crippen molar-refractivity contribution in [2.24, 2.45) is 0 Å². The van der Waals surface area contributed by atoms with Gasteiger partial charge in [0.2, 0.25) is 5.91 Å². The van der Waals surface area contributed by atoms with Gasteiger partial charge in [-0.2, -0.15) is 0 Å². The number of aliphatic hydroxyl groups excluding tert-OH is 2. The Hall–Kier alpha value is -2.18. The molecule has 59 heavy (non-hydrogen) atoms. The second kappa shape index (κ2) is 46.9. The Kier molecular flexibility index (Phi) is 45.1. The Labute approximate surface area is 366 Å². The van der Waals surface area contributed by atoms with Crippen LogP contribution < -0.4 is 5.32 Å². The predicted molar refractivity (Wildman–Crippen MR) is 255 cm³/mol. The van der Waals surface area contributed by atoms with Gasteiger partial charge in [0.25, 0.3) is 0 Å². The lowest BCUT2D eigenvalue weighted by atomic mass is 10.0. The zero-order chi connectivity index (χ0) is 43.1. The Morgan fingerprint density at radius 3 is 1.42 bits per heavy atom. The largest absolute Gasteiger partial charge is 0.458 e. The molecule has 0 aromatic heterocycles. The maximum Gasteiger partial charge on any atom is 0.306 e. The van der Waals surface area contributed by atoms with Gasteiger partial charge in [-0.05, 0) is 63.9 Å². The number of hydrogen-bond donors (Lipinski definition) is 3. The van der Waals surface area contributed by atoms with Crippen molar-refractivity contribution in [2.75, 3.05) is 6.61 Å². The molecule has 0 aliphatic rings. The molecule has 0 spiro atoms. The number of amides is 1. The molecule has 344 valence electrons. The minimum Gasteiger partial charge on any atom is -0.458 e. The third-order valence-electron chi connectivity index (χ3n) is 11.4. The number of carbonyl (C=O) groups excluding carboxylic acids is 2. The summed E-state index contributed by atoms with van der Waals surface area (Å²) in [7, 11) is 0. The van der Waals surface area contributed by atoms with Gasteiger partial charge in [-0.25, -0.2) is 0 Å². The SMILES string of the molecule is CC/C=C/C/C=C/CCCCCCCCCC(=O)OC(/C=C/C/C=C\CCCCCCCC)CC(=O)NC(CO)C(O)CCCCCCCCCCCCCCCCC. The van der Waals surface area contributed by atoms with Crippen LogP contribution in [0.3, 0.4) is 0 Å². The molecule has 0 aromatic carbocycles. The summed E-state index contributed by atoms with van der Waals surface area (Å²) in [5, 5.41) is 23.7. The van der Waals surface area contributed by atoms with Crippen molar-refractivity contribution >= 4 is 11.9 Å². The summed E-state index contributed by atoms with van der Waals surface area (Å²) in [4.78, 5) is 26.0. The maximum atomic E-state index is 13.1. The molecule has 0 radical (unpaired) electrons. The highest BCUT2D eigenvalue weighted by Crippen LogP contribution is 2.16. The first-order valence-corrected chi connectivity index (χ1v) is 25.4. The summed E-state index contributed by atoms with van der Waals surface area (Å²) < 4.78 is 5.82. The number of unbranched alkanes of at least 4 members (excludes halogenated alkanes) is 27. The van der Waals surface area contributed by atoms with Crippen LogP contribution in [0.1, 0.15) is 252 Å². The van der Waals surface area contributed by atoms with Crippen molar-refractivity contribution in [3.8, 4) is 0 Å². The standard InChI is InChI=1S/C53H97NO5/c1-4-7-10-13-16-19-22-24-26-27-30-33-36-39-42-45-51(56)50(48-55)54-52(57)47-49(44-41-38-35-32-29-21-18-15-12-9-6-3)59-53(58)46-43-40-37-34-31-28-25-23-20-17-14-11-8-5-2/h8,11,17,20,32,35,41,44,49-51,55-56H,4-7,9-10,12-16,18-19,21-31,33-34,36-40,42-43,45-48H2,1-3H3,(H,54,57)/b11-8+,20-17+,35-32-,44-41+. The van der Waals surface area contributed by atoms with E-state index in [9.17, 15) is 19.8 Å². The first-order valence-electron chi connectivity index (χ1n) is 25.4. The number of allylic oxidation sites excluding steroid dienone is 7. The molecule has 0 bridgehead atoms. The van der Waals surface area contributed by atoms with E-state index in [2.05, 4.69) is 62.5 Å². The molecule has 0 heterocycles. The number of rotatable bonds is 45. The summed E-state index contributed by atoms with van der Waals surface area (Å²) in [6.07, 6.45) is 56.3. The zero-order valence-electron chi connectivity index (χ0n) is 39.1. The van der Waals surface area contributed by atoms with Crippen LogP contribution >= 0.6 is 0 Å². The van der Waals surface area contributed by atoms with Crippen molar-refractivity contribution in [3.05, 3.63) is 48.6 Å². The minimum atomic E-state index is -0.811. The van der Waals surface area contributed by atoms with Crippen LogP contribution in [-0.4, -0.2) is 46.9 Å². The molecular weight excluding hydrogens is 731 g/mol. The minimum absolute atomic E-state index is 0.0312. The molecule has 6 nitrogen and oxygen atoms in total. The smallest absolute Gasteiger partial charge is 0.306 e. The number of ether oxygens (including phenoxy) is 1. The fourth-order valence-corrected chi connectivity index (χ4v) is 7.55. The fraction of sp³-hybridized carbons (Fsp3) is 0.811. The van der Waals surface area contributed by atoms with Crippen molar-refractivity contribution in [2.45, 2.75) is 270 Å². The van der Waals surface area contributed by atoms with Crippen molar-refractivity contribution in [1.29, 1.82) is 0 Å². The van der Waals surface area contributed by atoms with E-state index in [1.54, 1.807) is 0 Å². The topological polar surface area (TPSA) is 95.9 Å². The highest BCUT2D eigenvalue weighted by molar-refractivity contribution is 5.78. The van der Waals surface area contributed by atoms with E-state index in [-0.39, 0.29) is 24.9 Å². The number of aliphatic hydroxyl groups is 2. The van der Waals surface area contributed by atoms with E-state index < -0.39 is 18.2 Å². The third-order valence-corrected chi connectivity index (χ3v) is 11.4. The van der Waals surface area contributed by atoms with Gasteiger partial charge in [0.1, 0.15) is 6.10 Å². The number of carbonyl (C=O) groups is 2. The predicted octanol–water partition coefficient (Wildman–Crippen LogP) is 15.1. The summed E-state index contributed by atoms with van der Waals surface area (Å²) in [6, 6.07) is -0.733. The first-order chi connectivity index (χ1) is 29.0. The molecular formula is C53H97NO5. The lowest BCUT2D eigenvalue weighted by molar-refractivity contribution is -0.148. The van der Waals surface area contributed by atoms with Crippen LogP contribution in [0.2, 0.25) is 0 Å². The molecule has 0 aromatic rings.